The van der Waals surface area contributed by atoms with E-state index in [0.717, 1.165) is 0 Å². The number of methoxy groups -OCH3 is 1. The lowest BCUT2D eigenvalue weighted by Crippen LogP contribution is -2.17. The topological polar surface area (TPSA) is 99.3 Å². The van der Waals surface area contributed by atoms with Gasteiger partial charge >= 0.3 is 0 Å². The monoisotopic (exact) mass is 432 g/mol. The molecular formula is C23H17FN4O4. The largest absolute Gasteiger partial charge is 0.497 e. The summed E-state index contributed by atoms with van der Waals surface area (Å²) >= 11 is 0. The van der Waals surface area contributed by atoms with E-state index in [1.54, 1.807) is 49.6 Å². The standard InChI is InChI=1S/C23H17FN4O4/c1-32-20-12-10-18(11-13-20)27-22(23(29)25-17-6-4-16(24)5-7-17)14-21(26-27)15-2-8-19(9-3-15)28(30)31/h2-14H,1H3,(H,25,29). The number of carbonyl (C=O) groups excluding carboxylic acids is 1. The van der Waals surface area contributed by atoms with Crippen molar-refractivity contribution < 1.29 is 18.8 Å². The number of rotatable bonds is 6. The summed E-state index contributed by atoms with van der Waals surface area (Å²) in [7, 11) is 1.55. The molecule has 0 spiro atoms. The van der Waals surface area contributed by atoms with Crippen molar-refractivity contribution in [1.82, 2.24) is 9.78 Å². The van der Waals surface area contributed by atoms with E-state index in [4.69, 9.17) is 4.74 Å². The van der Waals surface area contributed by atoms with Crippen molar-refractivity contribution in [1.29, 1.82) is 0 Å². The average molecular weight is 432 g/mol. The van der Waals surface area contributed by atoms with E-state index in [9.17, 15) is 19.3 Å². The van der Waals surface area contributed by atoms with E-state index in [0.29, 0.717) is 28.4 Å². The fraction of sp³-hybridized carbons (Fsp3) is 0.0435. The second-order valence-electron chi connectivity index (χ2n) is 6.79. The molecule has 0 fully saturated rings. The summed E-state index contributed by atoms with van der Waals surface area (Å²) in [6.07, 6.45) is 0. The van der Waals surface area contributed by atoms with Crippen LogP contribution in [0.15, 0.2) is 78.9 Å². The Morgan fingerprint density at radius 3 is 2.28 bits per heavy atom. The zero-order chi connectivity index (χ0) is 22.7. The van der Waals surface area contributed by atoms with Crippen LogP contribution < -0.4 is 10.1 Å². The van der Waals surface area contributed by atoms with E-state index in [1.165, 1.54) is 41.1 Å². The van der Waals surface area contributed by atoms with Crippen molar-refractivity contribution in [3.63, 3.8) is 0 Å². The van der Waals surface area contributed by atoms with Crippen LogP contribution in [0.2, 0.25) is 0 Å². The summed E-state index contributed by atoms with van der Waals surface area (Å²) in [5.41, 5.74) is 2.29. The summed E-state index contributed by atoms with van der Waals surface area (Å²) in [5.74, 6) is -0.214. The number of ether oxygens (including phenoxy) is 1. The maximum Gasteiger partial charge on any atom is 0.274 e. The molecule has 0 radical (unpaired) electrons. The number of halogens is 1. The minimum atomic E-state index is -0.485. The van der Waals surface area contributed by atoms with Crippen LogP contribution in [0.1, 0.15) is 10.5 Å². The molecule has 9 heteroatoms. The van der Waals surface area contributed by atoms with Crippen LogP contribution >= 0.6 is 0 Å². The maximum absolute atomic E-state index is 13.2. The Morgan fingerprint density at radius 2 is 1.69 bits per heavy atom. The number of nitro groups is 1. The molecule has 0 atom stereocenters. The molecule has 1 N–H and O–H groups in total. The average Bonchev–Trinajstić information content (AvgIpc) is 3.26. The highest BCUT2D eigenvalue weighted by Crippen LogP contribution is 2.25. The van der Waals surface area contributed by atoms with E-state index in [2.05, 4.69) is 10.4 Å². The van der Waals surface area contributed by atoms with Gasteiger partial charge in [0.25, 0.3) is 11.6 Å². The summed E-state index contributed by atoms with van der Waals surface area (Å²) in [5, 5.41) is 18.2. The number of nitro benzene ring substituents is 1. The molecule has 160 valence electrons. The Hall–Kier alpha value is -4.53. The molecule has 0 saturated heterocycles. The maximum atomic E-state index is 13.2. The number of carbonyl (C=O) groups is 1. The van der Waals surface area contributed by atoms with Crippen molar-refractivity contribution in [2.45, 2.75) is 0 Å². The fourth-order valence-electron chi connectivity index (χ4n) is 3.09. The molecule has 0 unspecified atom stereocenters. The summed E-state index contributed by atoms with van der Waals surface area (Å²) in [6.45, 7) is 0. The number of hydrogen-bond donors (Lipinski definition) is 1. The molecule has 8 nitrogen and oxygen atoms in total. The van der Waals surface area contributed by atoms with Gasteiger partial charge in [-0.3, -0.25) is 14.9 Å². The minimum Gasteiger partial charge on any atom is -0.497 e. The van der Waals surface area contributed by atoms with Gasteiger partial charge in [-0.1, -0.05) is 0 Å². The SMILES string of the molecule is COc1ccc(-n2nc(-c3ccc([N+](=O)[O-])cc3)cc2C(=O)Nc2ccc(F)cc2)cc1. The van der Waals surface area contributed by atoms with Gasteiger partial charge in [-0.15, -0.1) is 0 Å². The third-order valence-corrected chi connectivity index (χ3v) is 4.73. The smallest absolute Gasteiger partial charge is 0.274 e. The van der Waals surface area contributed by atoms with Gasteiger partial charge in [-0.25, -0.2) is 9.07 Å². The van der Waals surface area contributed by atoms with Gasteiger partial charge in [0.1, 0.15) is 17.3 Å². The quantitative estimate of drug-likeness (QED) is 0.347. The lowest BCUT2D eigenvalue weighted by Gasteiger charge is -2.09. The molecule has 1 amide bonds. The highest BCUT2D eigenvalue weighted by atomic mass is 19.1. The van der Waals surface area contributed by atoms with E-state index >= 15 is 0 Å². The number of benzene rings is 3. The van der Waals surface area contributed by atoms with Crippen LogP contribution in [0.5, 0.6) is 5.75 Å². The highest BCUT2D eigenvalue weighted by Gasteiger charge is 2.19. The van der Waals surface area contributed by atoms with Crippen molar-refractivity contribution in [3.8, 4) is 22.7 Å². The number of anilines is 1. The van der Waals surface area contributed by atoms with Crippen LogP contribution in [-0.4, -0.2) is 27.7 Å². The molecule has 4 rings (SSSR count). The van der Waals surface area contributed by atoms with Gasteiger partial charge in [0.05, 0.1) is 23.4 Å². The third-order valence-electron chi connectivity index (χ3n) is 4.73. The van der Waals surface area contributed by atoms with Crippen LogP contribution in [0.3, 0.4) is 0 Å². The molecular weight excluding hydrogens is 415 g/mol. The van der Waals surface area contributed by atoms with Crippen LogP contribution in [0.25, 0.3) is 16.9 Å². The molecule has 4 aromatic rings. The minimum absolute atomic E-state index is 0.0439. The summed E-state index contributed by atoms with van der Waals surface area (Å²) in [6, 6.07) is 19.9. The van der Waals surface area contributed by atoms with Crippen LogP contribution in [0.4, 0.5) is 15.8 Å². The Balaban J connectivity index is 1.74. The van der Waals surface area contributed by atoms with Crippen LogP contribution in [-0.2, 0) is 0 Å². The molecule has 32 heavy (non-hydrogen) atoms. The third kappa shape index (κ3) is 4.31. The summed E-state index contributed by atoms with van der Waals surface area (Å²) in [4.78, 5) is 23.5. The highest BCUT2D eigenvalue weighted by molar-refractivity contribution is 6.04. The first-order valence-corrected chi connectivity index (χ1v) is 9.51. The molecule has 0 bridgehead atoms. The Labute approximate surface area is 182 Å². The van der Waals surface area contributed by atoms with E-state index < -0.39 is 16.6 Å². The second-order valence-corrected chi connectivity index (χ2v) is 6.79. The summed E-state index contributed by atoms with van der Waals surface area (Å²) < 4.78 is 19.8. The number of aromatic nitrogens is 2. The second kappa shape index (κ2) is 8.68. The predicted octanol–water partition coefficient (Wildman–Crippen LogP) is 4.85. The van der Waals surface area contributed by atoms with Gasteiger partial charge in [0.2, 0.25) is 0 Å². The zero-order valence-corrected chi connectivity index (χ0v) is 16.9. The Kier molecular flexibility index (Phi) is 5.63. The molecule has 0 aliphatic heterocycles. The normalized spacial score (nSPS) is 10.6. The van der Waals surface area contributed by atoms with Crippen molar-refractivity contribution in [2.24, 2.45) is 0 Å². The number of hydrogen-bond acceptors (Lipinski definition) is 5. The number of nitrogens with zero attached hydrogens (tertiary/aromatic N) is 3. The lowest BCUT2D eigenvalue weighted by molar-refractivity contribution is -0.384. The van der Waals surface area contributed by atoms with Gasteiger partial charge in [0, 0.05) is 23.4 Å². The fourth-order valence-corrected chi connectivity index (χ4v) is 3.09. The van der Waals surface area contributed by atoms with Crippen LogP contribution in [0, 0.1) is 15.9 Å². The van der Waals surface area contributed by atoms with Gasteiger partial charge < -0.3 is 10.1 Å². The molecule has 1 heterocycles. The number of amides is 1. The molecule has 0 aliphatic carbocycles. The zero-order valence-electron chi connectivity index (χ0n) is 16.9. The number of non-ortho nitro benzene ring substituents is 1. The first kappa shape index (κ1) is 20.7. The van der Waals surface area contributed by atoms with Gasteiger partial charge in [0.15, 0.2) is 0 Å². The molecule has 0 saturated carbocycles. The molecule has 0 aliphatic rings. The predicted molar refractivity (Wildman–Crippen MR) is 117 cm³/mol. The first-order chi connectivity index (χ1) is 15.4. The molecule has 1 aromatic heterocycles. The Bertz CT molecular complexity index is 1270. The van der Waals surface area contributed by atoms with Gasteiger partial charge in [-0.05, 0) is 66.7 Å². The number of nitrogens with one attached hydrogen (secondary N) is 1. The van der Waals surface area contributed by atoms with Gasteiger partial charge in [-0.2, -0.15) is 5.10 Å². The van der Waals surface area contributed by atoms with Crippen molar-refractivity contribution >= 4 is 17.3 Å². The van der Waals surface area contributed by atoms with Crippen molar-refractivity contribution in [2.75, 3.05) is 12.4 Å². The van der Waals surface area contributed by atoms with E-state index in [-0.39, 0.29) is 11.4 Å². The van der Waals surface area contributed by atoms with E-state index in [1.807, 2.05) is 0 Å². The van der Waals surface area contributed by atoms with Crippen molar-refractivity contribution in [3.05, 3.63) is 100 Å². The Morgan fingerprint density at radius 1 is 1.03 bits per heavy atom. The first-order valence-electron chi connectivity index (χ1n) is 9.51. The molecule has 3 aromatic carbocycles. The lowest BCUT2D eigenvalue weighted by atomic mass is 10.1.